The van der Waals surface area contributed by atoms with Crippen LogP contribution in [0.15, 0.2) is 59.6 Å². The lowest BCUT2D eigenvalue weighted by Crippen LogP contribution is -2.63. The topological polar surface area (TPSA) is 111 Å². The number of hydrogen-bond acceptors (Lipinski definition) is 6. The maximum absolute atomic E-state index is 13.4. The summed E-state index contributed by atoms with van der Waals surface area (Å²) in [7, 11) is 1.54. The molecule has 3 rings (SSSR count). The number of carbonyl (C=O) groups excluding carboxylic acids is 2. The van der Waals surface area contributed by atoms with E-state index >= 15 is 0 Å². The number of aliphatic imine (C=N–C) groups is 1. The van der Waals surface area contributed by atoms with Crippen LogP contribution in [0.3, 0.4) is 0 Å². The number of ether oxygens (including phenoxy) is 1. The van der Waals surface area contributed by atoms with Crippen molar-refractivity contribution < 1.29 is 14.3 Å². The molecule has 2 aromatic rings. The molecule has 1 aliphatic rings. The standard InChI is InChI=1S/C21H24N4O3/c1-14(22)19(26)21(23)20(27)25(12-13-28-2)17-11-7-6-10-16(17)18(24-21)15-8-4-3-5-9-15/h3-11,14H,12-13,22-23H2,1-2H3/t14-,21?/m0/s1. The number of para-hydroxylation sites is 1. The zero-order valence-corrected chi connectivity index (χ0v) is 16.0. The summed E-state index contributed by atoms with van der Waals surface area (Å²) in [6.07, 6.45) is 0. The van der Waals surface area contributed by atoms with Crippen LogP contribution in [0.5, 0.6) is 0 Å². The number of hydrogen-bond donors (Lipinski definition) is 2. The Morgan fingerprint density at radius 1 is 1.18 bits per heavy atom. The number of methoxy groups -OCH3 is 1. The Hall–Kier alpha value is -2.87. The summed E-state index contributed by atoms with van der Waals surface area (Å²) in [5.74, 6) is -1.26. The zero-order chi connectivity index (χ0) is 20.3. The largest absolute Gasteiger partial charge is 0.383 e. The highest BCUT2D eigenvalue weighted by molar-refractivity contribution is 6.26. The fraction of sp³-hybridized carbons (Fsp3) is 0.286. The van der Waals surface area contributed by atoms with Crippen molar-refractivity contribution in [3.63, 3.8) is 0 Å². The van der Waals surface area contributed by atoms with Crippen molar-refractivity contribution in [1.82, 2.24) is 0 Å². The average Bonchev–Trinajstić information content (AvgIpc) is 2.81. The van der Waals surface area contributed by atoms with Crippen LogP contribution in [0.25, 0.3) is 0 Å². The van der Waals surface area contributed by atoms with Gasteiger partial charge in [-0.2, -0.15) is 0 Å². The van der Waals surface area contributed by atoms with E-state index in [4.69, 9.17) is 16.2 Å². The van der Waals surface area contributed by atoms with Crippen molar-refractivity contribution >= 4 is 23.1 Å². The highest BCUT2D eigenvalue weighted by Gasteiger charge is 2.48. The van der Waals surface area contributed by atoms with E-state index in [0.29, 0.717) is 17.0 Å². The van der Waals surface area contributed by atoms with Gasteiger partial charge in [0.15, 0.2) is 0 Å². The number of nitrogens with two attached hydrogens (primary N) is 2. The van der Waals surface area contributed by atoms with Crippen molar-refractivity contribution in [2.45, 2.75) is 18.6 Å². The number of benzodiazepines with no additional fused rings is 1. The second-order valence-corrected chi connectivity index (χ2v) is 6.71. The van der Waals surface area contributed by atoms with Crippen LogP contribution in [0.2, 0.25) is 0 Å². The molecule has 0 spiro atoms. The number of ketones is 1. The van der Waals surface area contributed by atoms with Crippen LogP contribution in [-0.2, 0) is 14.3 Å². The lowest BCUT2D eigenvalue weighted by atomic mass is 9.98. The van der Waals surface area contributed by atoms with Gasteiger partial charge in [0.05, 0.1) is 24.0 Å². The molecule has 0 saturated heterocycles. The lowest BCUT2D eigenvalue weighted by molar-refractivity contribution is -0.134. The van der Waals surface area contributed by atoms with Crippen molar-refractivity contribution in [3.05, 3.63) is 65.7 Å². The molecule has 0 aliphatic carbocycles. The summed E-state index contributed by atoms with van der Waals surface area (Å²) in [6.45, 7) is 2.01. The molecule has 0 aromatic heterocycles. The zero-order valence-electron chi connectivity index (χ0n) is 16.0. The van der Waals surface area contributed by atoms with Gasteiger partial charge in [-0.3, -0.25) is 15.3 Å². The van der Waals surface area contributed by atoms with Crippen molar-refractivity contribution in [1.29, 1.82) is 0 Å². The minimum Gasteiger partial charge on any atom is -0.383 e. The Bertz CT molecular complexity index is 911. The second kappa shape index (κ2) is 8.02. The van der Waals surface area contributed by atoms with Crippen LogP contribution >= 0.6 is 0 Å². The number of nitrogens with zero attached hydrogens (tertiary/aromatic N) is 2. The number of anilines is 1. The molecule has 1 unspecified atom stereocenters. The molecule has 7 nitrogen and oxygen atoms in total. The Balaban J connectivity index is 2.29. The molecule has 146 valence electrons. The molecule has 1 heterocycles. The Kier molecular flexibility index (Phi) is 5.69. The SMILES string of the molecule is COCCN1C(=O)C(N)(C(=O)[C@H](C)N)N=C(c2ccccc2)c2ccccc21. The Labute approximate surface area is 164 Å². The molecule has 4 N–H and O–H groups in total. The molecule has 0 saturated carbocycles. The fourth-order valence-corrected chi connectivity index (χ4v) is 3.24. The summed E-state index contributed by atoms with van der Waals surface area (Å²) in [5, 5.41) is 0. The first-order valence-electron chi connectivity index (χ1n) is 9.04. The van der Waals surface area contributed by atoms with Crippen LogP contribution in [0.1, 0.15) is 18.1 Å². The second-order valence-electron chi connectivity index (χ2n) is 6.71. The van der Waals surface area contributed by atoms with Gasteiger partial charge < -0.3 is 15.4 Å². The molecule has 7 heteroatoms. The number of amides is 1. The van der Waals surface area contributed by atoms with E-state index in [1.54, 1.807) is 7.11 Å². The average molecular weight is 380 g/mol. The van der Waals surface area contributed by atoms with Crippen LogP contribution in [-0.4, -0.2) is 49.4 Å². The van der Waals surface area contributed by atoms with Gasteiger partial charge in [0.25, 0.3) is 5.91 Å². The summed E-state index contributed by atoms with van der Waals surface area (Å²) in [5.41, 5.74) is 12.6. The summed E-state index contributed by atoms with van der Waals surface area (Å²) < 4.78 is 5.15. The highest BCUT2D eigenvalue weighted by atomic mass is 16.5. The molecule has 0 bridgehead atoms. The highest BCUT2D eigenvalue weighted by Crippen LogP contribution is 2.31. The van der Waals surface area contributed by atoms with E-state index in [9.17, 15) is 9.59 Å². The predicted molar refractivity (Wildman–Crippen MR) is 108 cm³/mol. The van der Waals surface area contributed by atoms with Gasteiger partial charge in [0.1, 0.15) is 0 Å². The third kappa shape index (κ3) is 3.47. The maximum Gasteiger partial charge on any atom is 0.277 e. The maximum atomic E-state index is 13.4. The van der Waals surface area contributed by atoms with Gasteiger partial charge in [-0.05, 0) is 13.0 Å². The van der Waals surface area contributed by atoms with Crippen LogP contribution in [0.4, 0.5) is 5.69 Å². The van der Waals surface area contributed by atoms with Crippen molar-refractivity contribution in [3.8, 4) is 0 Å². The van der Waals surface area contributed by atoms with Gasteiger partial charge in [0.2, 0.25) is 11.4 Å². The molecular formula is C21H24N4O3. The third-order valence-electron chi connectivity index (χ3n) is 4.66. The number of fused-ring (bicyclic) bond motifs is 1. The number of rotatable bonds is 6. The van der Waals surface area contributed by atoms with Crippen molar-refractivity contribution in [2.24, 2.45) is 16.5 Å². The van der Waals surface area contributed by atoms with Crippen molar-refractivity contribution in [2.75, 3.05) is 25.2 Å². The molecule has 1 amide bonds. The first kappa shape index (κ1) is 19.9. The number of Topliss-reactive ketones (excluding diaryl/α,β-unsaturated/α-hetero) is 1. The quantitative estimate of drug-likeness (QED) is 0.729. The van der Waals surface area contributed by atoms with Crippen LogP contribution < -0.4 is 16.4 Å². The summed E-state index contributed by atoms with van der Waals surface area (Å²) in [6, 6.07) is 15.7. The summed E-state index contributed by atoms with van der Waals surface area (Å²) in [4.78, 5) is 32.3. The first-order chi connectivity index (χ1) is 13.4. The third-order valence-corrected chi connectivity index (χ3v) is 4.66. The molecule has 0 radical (unpaired) electrons. The molecule has 28 heavy (non-hydrogen) atoms. The van der Waals surface area contributed by atoms with Gasteiger partial charge in [-0.15, -0.1) is 0 Å². The molecule has 2 aromatic carbocycles. The van der Waals surface area contributed by atoms with E-state index < -0.39 is 23.4 Å². The monoisotopic (exact) mass is 380 g/mol. The van der Waals surface area contributed by atoms with Gasteiger partial charge >= 0.3 is 0 Å². The van der Waals surface area contributed by atoms with Crippen LogP contribution in [0, 0.1) is 0 Å². The molecule has 2 atom stereocenters. The minimum atomic E-state index is -2.12. The van der Waals surface area contributed by atoms with E-state index in [2.05, 4.69) is 4.99 Å². The Morgan fingerprint density at radius 3 is 2.46 bits per heavy atom. The smallest absolute Gasteiger partial charge is 0.277 e. The van der Waals surface area contributed by atoms with E-state index in [0.717, 1.165) is 5.56 Å². The number of carbonyl (C=O) groups is 2. The minimum absolute atomic E-state index is 0.231. The van der Waals surface area contributed by atoms with E-state index in [-0.39, 0.29) is 13.2 Å². The fourth-order valence-electron chi connectivity index (χ4n) is 3.24. The normalized spacial score (nSPS) is 20.2. The predicted octanol–water partition coefficient (Wildman–Crippen LogP) is 1.09. The van der Waals surface area contributed by atoms with Gasteiger partial charge in [-0.25, -0.2) is 4.99 Å². The lowest BCUT2D eigenvalue weighted by Gasteiger charge is -2.30. The first-order valence-corrected chi connectivity index (χ1v) is 9.04. The van der Waals surface area contributed by atoms with Gasteiger partial charge in [-0.1, -0.05) is 48.5 Å². The van der Waals surface area contributed by atoms with E-state index in [1.165, 1.54) is 11.8 Å². The molecular weight excluding hydrogens is 356 g/mol. The van der Waals surface area contributed by atoms with Gasteiger partial charge in [0, 0.05) is 24.8 Å². The number of benzene rings is 2. The molecule has 1 aliphatic heterocycles. The summed E-state index contributed by atoms with van der Waals surface area (Å²) >= 11 is 0. The Morgan fingerprint density at radius 2 is 1.82 bits per heavy atom. The molecule has 0 fully saturated rings. The van der Waals surface area contributed by atoms with E-state index in [1.807, 2.05) is 54.6 Å².